The van der Waals surface area contributed by atoms with Crippen LogP contribution < -0.4 is 4.90 Å². The number of nitrogens with zero attached hydrogens (tertiary/aromatic N) is 1. The summed E-state index contributed by atoms with van der Waals surface area (Å²) in [4.78, 5) is 15.5. The van der Waals surface area contributed by atoms with Gasteiger partial charge >= 0.3 is 5.97 Å². The maximum Gasteiger partial charge on any atom is 0.339 e. The monoisotopic (exact) mass is 351 g/mol. The molecule has 1 saturated heterocycles. The van der Waals surface area contributed by atoms with E-state index in [4.69, 9.17) is 9.84 Å². The van der Waals surface area contributed by atoms with Crippen LogP contribution in [0.4, 0.5) is 5.69 Å². The predicted molar refractivity (Wildman–Crippen MR) is 100 cm³/mol. The van der Waals surface area contributed by atoms with Gasteiger partial charge in [-0.25, -0.2) is 4.79 Å². The number of esters is 1. The van der Waals surface area contributed by atoms with E-state index < -0.39 is 0 Å². The molecule has 24 heavy (non-hydrogen) atoms. The maximum absolute atomic E-state index is 12.0. The van der Waals surface area contributed by atoms with Crippen molar-refractivity contribution in [1.29, 1.82) is 0 Å². The number of thioether (sulfide) groups is 1. The zero-order valence-corrected chi connectivity index (χ0v) is 15.8. The fourth-order valence-electron chi connectivity index (χ4n) is 3.21. The van der Waals surface area contributed by atoms with Crippen molar-refractivity contribution >= 4 is 23.4 Å². The summed E-state index contributed by atoms with van der Waals surface area (Å²) in [5, 5.41) is 8.99. The summed E-state index contributed by atoms with van der Waals surface area (Å²) < 4.78 is 4.93. The Hall–Kier alpha value is -1.20. The van der Waals surface area contributed by atoms with Gasteiger partial charge in [0.1, 0.15) is 0 Å². The van der Waals surface area contributed by atoms with Crippen molar-refractivity contribution in [2.45, 2.75) is 44.4 Å². The van der Waals surface area contributed by atoms with Gasteiger partial charge in [0, 0.05) is 23.7 Å². The van der Waals surface area contributed by atoms with Crippen molar-refractivity contribution in [3.63, 3.8) is 0 Å². The Morgan fingerprint density at radius 3 is 2.46 bits per heavy atom. The number of aliphatic hydroxyl groups is 1. The molecule has 0 aromatic heterocycles. The molecule has 1 spiro atoms. The summed E-state index contributed by atoms with van der Waals surface area (Å²) >= 11 is 1.61. The van der Waals surface area contributed by atoms with Crippen LogP contribution in [-0.4, -0.2) is 43.6 Å². The lowest BCUT2D eigenvalue weighted by Gasteiger charge is -2.35. The minimum Gasteiger partial charge on any atom is -0.465 e. The molecule has 0 amide bonds. The summed E-state index contributed by atoms with van der Waals surface area (Å²) in [5.41, 5.74) is 2.23. The van der Waals surface area contributed by atoms with Crippen molar-refractivity contribution in [2.24, 2.45) is 5.41 Å². The van der Waals surface area contributed by atoms with Crippen LogP contribution in [0, 0.1) is 5.41 Å². The van der Waals surface area contributed by atoms with Crippen LogP contribution in [0.1, 0.15) is 49.9 Å². The van der Waals surface area contributed by atoms with E-state index in [1.165, 1.54) is 32.8 Å². The Kier molecular flexibility index (Phi) is 6.99. The van der Waals surface area contributed by atoms with Crippen LogP contribution in [0.15, 0.2) is 23.1 Å². The Morgan fingerprint density at radius 2 is 1.92 bits per heavy atom. The maximum atomic E-state index is 12.0. The Balaban J connectivity index is 0.00000100. The smallest absolute Gasteiger partial charge is 0.339 e. The summed E-state index contributed by atoms with van der Waals surface area (Å²) in [6.45, 7) is 6.18. The number of ether oxygens (including phenoxy) is 1. The predicted octanol–water partition coefficient (Wildman–Crippen LogP) is 3.96. The minimum absolute atomic E-state index is 0.158. The van der Waals surface area contributed by atoms with Crippen LogP contribution in [-0.2, 0) is 4.74 Å². The molecule has 1 saturated carbocycles. The van der Waals surface area contributed by atoms with Crippen LogP contribution >= 0.6 is 11.8 Å². The normalized spacial score (nSPS) is 17.9. The average molecular weight is 352 g/mol. The van der Waals surface area contributed by atoms with E-state index in [0.717, 1.165) is 23.7 Å². The van der Waals surface area contributed by atoms with Gasteiger partial charge < -0.3 is 14.7 Å². The van der Waals surface area contributed by atoms with E-state index in [9.17, 15) is 4.79 Å². The van der Waals surface area contributed by atoms with E-state index in [0.29, 0.717) is 16.7 Å². The molecule has 1 aliphatic carbocycles. The highest BCUT2D eigenvalue weighted by molar-refractivity contribution is 7.99. The van der Waals surface area contributed by atoms with Crippen LogP contribution in [0.3, 0.4) is 0 Å². The van der Waals surface area contributed by atoms with E-state index in [2.05, 4.69) is 11.0 Å². The number of aliphatic hydroxyl groups excluding tert-OH is 1. The second kappa shape index (κ2) is 8.77. The minimum atomic E-state index is -0.277. The lowest BCUT2D eigenvalue weighted by Crippen LogP contribution is -2.35. The molecule has 2 aliphatic rings. The summed E-state index contributed by atoms with van der Waals surface area (Å²) in [7, 11) is 1.43. The van der Waals surface area contributed by atoms with Crippen LogP contribution in [0.5, 0.6) is 0 Å². The first-order valence-electron chi connectivity index (χ1n) is 8.88. The number of methoxy groups -OCH3 is 1. The molecule has 134 valence electrons. The molecule has 1 aliphatic heterocycles. The number of hydrogen-bond donors (Lipinski definition) is 1. The molecule has 1 aromatic rings. The molecule has 0 atom stereocenters. The summed E-state index contributed by atoms with van der Waals surface area (Å²) in [5.74, 6) is 0.389. The van der Waals surface area contributed by atoms with Crippen LogP contribution in [0.25, 0.3) is 0 Å². The van der Waals surface area contributed by atoms with Crippen LogP contribution in [0.2, 0.25) is 0 Å². The van der Waals surface area contributed by atoms with Crippen molar-refractivity contribution in [2.75, 3.05) is 37.5 Å². The van der Waals surface area contributed by atoms with E-state index in [1.54, 1.807) is 11.8 Å². The quantitative estimate of drug-likeness (QED) is 0.643. The number of hydrogen-bond acceptors (Lipinski definition) is 5. The van der Waals surface area contributed by atoms with Gasteiger partial charge in [-0.05, 0) is 49.3 Å². The summed E-state index contributed by atoms with van der Waals surface area (Å²) in [6, 6.07) is 5.85. The highest BCUT2D eigenvalue weighted by Crippen LogP contribution is 2.54. The number of benzene rings is 1. The van der Waals surface area contributed by atoms with Crippen molar-refractivity contribution < 1.29 is 14.6 Å². The zero-order chi connectivity index (χ0) is 17.6. The van der Waals surface area contributed by atoms with E-state index >= 15 is 0 Å². The van der Waals surface area contributed by atoms with Gasteiger partial charge in [0.15, 0.2) is 0 Å². The fourth-order valence-corrected chi connectivity index (χ4v) is 3.89. The third kappa shape index (κ3) is 4.45. The lowest BCUT2D eigenvalue weighted by molar-refractivity contribution is 0.0601. The SMILES string of the molecule is CC.COC(=O)c1ccc(SCCO)cc1N1CCC2(CC1)CC2. The van der Waals surface area contributed by atoms with Crippen molar-refractivity contribution in [1.82, 2.24) is 0 Å². The number of anilines is 1. The first-order valence-corrected chi connectivity index (χ1v) is 9.87. The first kappa shape index (κ1) is 19.1. The molecule has 4 nitrogen and oxygen atoms in total. The van der Waals surface area contributed by atoms with Crippen molar-refractivity contribution in [3.8, 4) is 0 Å². The Morgan fingerprint density at radius 1 is 1.25 bits per heavy atom. The Labute approximate surface area is 149 Å². The largest absolute Gasteiger partial charge is 0.465 e. The number of rotatable bonds is 5. The van der Waals surface area contributed by atoms with Gasteiger partial charge in [0.05, 0.1) is 25.0 Å². The van der Waals surface area contributed by atoms with Gasteiger partial charge in [0.25, 0.3) is 0 Å². The molecule has 1 heterocycles. The van der Waals surface area contributed by atoms with Crippen molar-refractivity contribution in [3.05, 3.63) is 23.8 Å². The third-order valence-electron chi connectivity index (χ3n) is 4.86. The molecule has 3 rings (SSSR count). The fraction of sp³-hybridized carbons (Fsp3) is 0.632. The number of piperidine rings is 1. The topological polar surface area (TPSA) is 49.8 Å². The molecule has 5 heteroatoms. The van der Waals surface area contributed by atoms with Gasteiger partial charge in [-0.1, -0.05) is 13.8 Å². The van der Waals surface area contributed by atoms with Gasteiger partial charge in [-0.15, -0.1) is 11.8 Å². The highest BCUT2D eigenvalue weighted by atomic mass is 32.2. The molecule has 0 unspecified atom stereocenters. The standard InChI is InChI=1S/C17H23NO3S.C2H6/c1-21-16(20)14-3-2-13(22-11-10-19)12-15(14)18-8-6-17(4-5-17)7-9-18;1-2/h2-3,12,19H,4-11H2,1H3;1-2H3. The van der Waals surface area contributed by atoms with E-state index in [-0.39, 0.29) is 12.6 Å². The number of carbonyl (C=O) groups excluding carboxylic acids is 1. The molecule has 0 bridgehead atoms. The molecule has 1 aromatic carbocycles. The lowest BCUT2D eigenvalue weighted by atomic mass is 9.93. The Bertz CT molecular complexity index is 548. The molecule has 2 fully saturated rings. The van der Waals surface area contributed by atoms with Gasteiger partial charge in [-0.2, -0.15) is 0 Å². The van der Waals surface area contributed by atoms with Gasteiger partial charge in [0.2, 0.25) is 0 Å². The number of carbonyl (C=O) groups is 1. The second-order valence-electron chi connectivity index (χ2n) is 6.23. The van der Waals surface area contributed by atoms with E-state index in [1.807, 2.05) is 26.0 Å². The third-order valence-corrected chi connectivity index (χ3v) is 5.83. The molecule has 1 N–H and O–H groups in total. The van der Waals surface area contributed by atoms with Gasteiger partial charge in [-0.3, -0.25) is 0 Å². The molecular formula is C19H29NO3S. The first-order chi connectivity index (χ1) is 11.7. The highest BCUT2D eigenvalue weighted by Gasteiger charge is 2.44. The molecule has 0 radical (unpaired) electrons. The zero-order valence-electron chi connectivity index (χ0n) is 15.0. The average Bonchev–Trinajstić information content (AvgIpc) is 3.40. The second-order valence-corrected chi connectivity index (χ2v) is 7.40. The molecular weight excluding hydrogens is 322 g/mol. The summed E-state index contributed by atoms with van der Waals surface area (Å²) in [6.07, 6.45) is 5.19.